The summed E-state index contributed by atoms with van der Waals surface area (Å²) in [4.78, 5) is 4.24. The van der Waals surface area contributed by atoms with E-state index < -0.39 is 5.60 Å². The molecule has 1 saturated carbocycles. The van der Waals surface area contributed by atoms with Gasteiger partial charge in [0.25, 0.3) is 0 Å². The first-order valence-corrected chi connectivity index (χ1v) is 5.34. The zero-order valence-corrected chi connectivity index (χ0v) is 8.92. The summed E-state index contributed by atoms with van der Waals surface area (Å²) in [6.45, 7) is 0. The molecule has 0 aromatic carbocycles. The molecule has 13 heavy (non-hydrogen) atoms. The fraction of sp³-hybridized carbons (Fsp3) is 0.500. The van der Waals surface area contributed by atoms with E-state index >= 15 is 0 Å². The van der Waals surface area contributed by atoms with Crippen molar-refractivity contribution in [3.8, 4) is 0 Å². The van der Waals surface area contributed by atoms with Crippen molar-refractivity contribution in [3.63, 3.8) is 0 Å². The summed E-state index contributed by atoms with van der Waals surface area (Å²) in [6.07, 6.45) is 5.65. The summed E-state index contributed by atoms with van der Waals surface area (Å²) in [7, 11) is 0. The Labute approximate surface area is 86.1 Å². The van der Waals surface area contributed by atoms with Gasteiger partial charge in [-0.1, -0.05) is 12.8 Å². The van der Waals surface area contributed by atoms with Gasteiger partial charge in [0.15, 0.2) is 0 Å². The number of hydrogen-bond donors (Lipinski definition) is 1. The maximum atomic E-state index is 10.2. The number of rotatable bonds is 1. The molecule has 0 radical (unpaired) electrons. The van der Waals surface area contributed by atoms with Crippen LogP contribution in [0.2, 0.25) is 0 Å². The molecule has 1 fully saturated rings. The molecule has 1 aliphatic rings. The first-order valence-electron chi connectivity index (χ1n) is 4.55. The van der Waals surface area contributed by atoms with Gasteiger partial charge in [0.1, 0.15) is 5.60 Å². The molecular formula is C10H12BrNO. The third kappa shape index (κ3) is 1.76. The van der Waals surface area contributed by atoms with Gasteiger partial charge in [-0.05, 0) is 40.9 Å². The van der Waals surface area contributed by atoms with Gasteiger partial charge >= 0.3 is 0 Å². The summed E-state index contributed by atoms with van der Waals surface area (Å²) in [5.74, 6) is 0. The monoisotopic (exact) mass is 241 g/mol. The van der Waals surface area contributed by atoms with Gasteiger partial charge < -0.3 is 5.11 Å². The second-order valence-electron chi connectivity index (χ2n) is 3.60. The average Bonchev–Trinajstić information content (AvgIpc) is 2.54. The molecule has 1 N–H and O–H groups in total. The standard InChI is InChI=1S/C10H12BrNO/c11-8-3-4-9(12-7-8)10(13)5-1-2-6-10/h3-4,7,13H,1-2,5-6H2. The maximum absolute atomic E-state index is 10.2. The van der Waals surface area contributed by atoms with Gasteiger partial charge in [-0.15, -0.1) is 0 Å². The average molecular weight is 242 g/mol. The van der Waals surface area contributed by atoms with Crippen molar-refractivity contribution in [3.05, 3.63) is 28.5 Å². The van der Waals surface area contributed by atoms with Crippen LogP contribution in [-0.2, 0) is 5.60 Å². The molecule has 0 unspecified atom stereocenters. The Bertz CT molecular complexity index is 290. The molecule has 0 atom stereocenters. The van der Waals surface area contributed by atoms with Crippen LogP contribution in [-0.4, -0.2) is 10.1 Å². The van der Waals surface area contributed by atoms with Gasteiger partial charge in [-0.3, -0.25) is 4.98 Å². The van der Waals surface area contributed by atoms with E-state index in [0.717, 1.165) is 35.8 Å². The third-order valence-corrected chi connectivity index (χ3v) is 3.10. The Morgan fingerprint density at radius 2 is 2.00 bits per heavy atom. The van der Waals surface area contributed by atoms with E-state index in [9.17, 15) is 5.11 Å². The second-order valence-corrected chi connectivity index (χ2v) is 4.52. The molecule has 0 bridgehead atoms. The fourth-order valence-corrected chi connectivity index (χ4v) is 2.10. The van der Waals surface area contributed by atoms with Crippen LogP contribution in [0.25, 0.3) is 0 Å². The van der Waals surface area contributed by atoms with E-state index in [1.807, 2.05) is 12.1 Å². The van der Waals surface area contributed by atoms with Crippen LogP contribution in [0.4, 0.5) is 0 Å². The highest BCUT2D eigenvalue weighted by molar-refractivity contribution is 9.10. The van der Waals surface area contributed by atoms with E-state index in [0.29, 0.717) is 0 Å². The van der Waals surface area contributed by atoms with Gasteiger partial charge in [-0.25, -0.2) is 0 Å². The second kappa shape index (κ2) is 3.39. The Morgan fingerprint density at radius 1 is 1.31 bits per heavy atom. The minimum atomic E-state index is -0.652. The lowest BCUT2D eigenvalue weighted by molar-refractivity contribution is 0.0399. The predicted octanol–water partition coefficient (Wildman–Crippen LogP) is 2.61. The molecule has 2 nitrogen and oxygen atoms in total. The van der Waals surface area contributed by atoms with E-state index in [4.69, 9.17) is 0 Å². The lowest BCUT2D eigenvalue weighted by Gasteiger charge is -2.20. The van der Waals surface area contributed by atoms with Gasteiger partial charge in [0.05, 0.1) is 5.69 Å². The largest absolute Gasteiger partial charge is 0.384 e. The van der Waals surface area contributed by atoms with Crippen LogP contribution in [0, 0.1) is 0 Å². The molecular weight excluding hydrogens is 230 g/mol. The number of hydrogen-bond acceptors (Lipinski definition) is 2. The summed E-state index contributed by atoms with van der Waals surface area (Å²) in [5, 5.41) is 10.2. The lowest BCUT2D eigenvalue weighted by Crippen LogP contribution is -2.22. The molecule has 1 aromatic heterocycles. The van der Waals surface area contributed by atoms with Crippen LogP contribution in [0.1, 0.15) is 31.4 Å². The van der Waals surface area contributed by atoms with Gasteiger partial charge in [0.2, 0.25) is 0 Å². The van der Waals surface area contributed by atoms with Crippen LogP contribution in [0.15, 0.2) is 22.8 Å². The Morgan fingerprint density at radius 3 is 2.54 bits per heavy atom. The summed E-state index contributed by atoms with van der Waals surface area (Å²) in [5.41, 5.74) is 0.161. The number of nitrogens with zero attached hydrogens (tertiary/aromatic N) is 1. The lowest BCUT2D eigenvalue weighted by atomic mass is 9.97. The molecule has 3 heteroatoms. The zero-order chi connectivity index (χ0) is 9.31. The number of aliphatic hydroxyl groups is 1. The third-order valence-electron chi connectivity index (χ3n) is 2.63. The predicted molar refractivity (Wildman–Crippen MR) is 54.3 cm³/mol. The van der Waals surface area contributed by atoms with Crippen LogP contribution in [0.3, 0.4) is 0 Å². The number of pyridine rings is 1. The van der Waals surface area contributed by atoms with Crippen molar-refractivity contribution in [1.82, 2.24) is 4.98 Å². The molecule has 1 aromatic rings. The maximum Gasteiger partial charge on any atom is 0.106 e. The SMILES string of the molecule is OC1(c2ccc(Br)cn2)CCCC1. The topological polar surface area (TPSA) is 33.1 Å². The first-order chi connectivity index (χ1) is 6.21. The van der Waals surface area contributed by atoms with Gasteiger partial charge in [0, 0.05) is 10.7 Å². The Hall–Kier alpha value is -0.410. The zero-order valence-electron chi connectivity index (χ0n) is 7.33. The molecule has 0 saturated heterocycles. The Kier molecular flexibility index (Phi) is 2.39. The normalized spacial score (nSPS) is 20.5. The minimum Gasteiger partial charge on any atom is -0.384 e. The molecule has 2 rings (SSSR count). The highest BCUT2D eigenvalue weighted by Crippen LogP contribution is 2.37. The summed E-state index contributed by atoms with van der Waals surface area (Å²) in [6, 6.07) is 3.83. The van der Waals surface area contributed by atoms with Crippen molar-refractivity contribution in [1.29, 1.82) is 0 Å². The number of halogens is 1. The summed E-state index contributed by atoms with van der Waals surface area (Å²) >= 11 is 3.33. The summed E-state index contributed by atoms with van der Waals surface area (Å²) < 4.78 is 0.956. The quantitative estimate of drug-likeness (QED) is 0.821. The minimum absolute atomic E-state index is 0.652. The van der Waals surface area contributed by atoms with E-state index in [2.05, 4.69) is 20.9 Å². The first kappa shape index (κ1) is 9.16. The van der Waals surface area contributed by atoms with Crippen molar-refractivity contribution in [2.24, 2.45) is 0 Å². The van der Waals surface area contributed by atoms with Crippen molar-refractivity contribution < 1.29 is 5.11 Å². The molecule has 0 aliphatic heterocycles. The molecule has 0 spiro atoms. The van der Waals surface area contributed by atoms with E-state index in [1.165, 1.54) is 0 Å². The Balaban J connectivity index is 2.29. The smallest absolute Gasteiger partial charge is 0.106 e. The molecule has 1 heterocycles. The van der Waals surface area contributed by atoms with Crippen molar-refractivity contribution in [2.45, 2.75) is 31.3 Å². The van der Waals surface area contributed by atoms with Gasteiger partial charge in [-0.2, -0.15) is 0 Å². The van der Waals surface area contributed by atoms with Crippen molar-refractivity contribution in [2.75, 3.05) is 0 Å². The van der Waals surface area contributed by atoms with Crippen LogP contribution < -0.4 is 0 Å². The van der Waals surface area contributed by atoms with Crippen LogP contribution >= 0.6 is 15.9 Å². The number of aromatic nitrogens is 1. The molecule has 70 valence electrons. The molecule has 1 aliphatic carbocycles. The van der Waals surface area contributed by atoms with Crippen molar-refractivity contribution >= 4 is 15.9 Å². The van der Waals surface area contributed by atoms with E-state index in [-0.39, 0.29) is 0 Å². The van der Waals surface area contributed by atoms with Crippen LogP contribution in [0.5, 0.6) is 0 Å². The fourth-order valence-electron chi connectivity index (χ4n) is 1.87. The molecule has 0 amide bonds. The highest BCUT2D eigenvalue weighted by Gasteiger charge is 2.33. The highest BCUT2D eigenvalue weighted by atomic mass is 79.9. The van der Waals surface area contributed by atoms with E-state index in [1.54, 1.807) is 6.20 Å².